The molecule has 2 atom stereocenters. The summed E-state index contributed by atoms with van der Waals surface area (Å²) < 4.78 is 0. The van der Waals surface area contributed by atoms with Gasteiger partial charge in [-0.3, -0.25) is 9.69 Å². The number of aliphatic carboxylic acids is 1. The van der Waals surface area contributed by atoms with Gasteiger partial charge >= 0.3 is 5.97 Å². The fourth-order valence-electron chi connectivity index (χ4n) is 2.17. The van der Waals surface area contributed by atoms with Crippen molar-refractivity contribution in [2.45, 2.75) is 45.4 Å². The maximum Gasteiger partial charge on any atom is 0.307 e. The number of hydrogen-bond acceptors (Lipinski definition) is 3. The van der Waals surface area contributed by atoms with Crippen LogP contribution in [0.4, 0.5) is 0 Å². The smallest absolute Gasteiger partial charge is 0.307 e. The van der Waals surface area contributed by atoms with Gasteiger partial charge in [0.2, 0.25) is 0 Å². The number of carboxylic acid groups (broad SMARTS) is 1. The molecule has 0 saturated carbocycles. The van der Waals surface area contributed by atoms with Crippen LogP contribution in [-0.4, -0.2) is 39.9 Å². The first-order chi connectivity index (χ1) is 6.60. The summed E-state index contributed by atoms with van der Waals surface area (Å²) in [6.07, 6.45) is 1.71. The predicted molar refractivity (Wildman–Crippen MR) is 52.8 cm³/mol. The summed E-state index contributed by atoms with van der Waals surface area (Å²) in [5.41, 5.74) is 0. The number of carboxylic acids is 1. The maximum absolute atomic E-state index is 10.8. The van der Waals surface area contributed by atoms with Gasteiger partial charge in [-0.2, -0.15) is 0 Å². The molecule has 4 heteroatoms. The van der Waals surface area contributed by atoms with Crippen LogP contribution in [0.15, 0.2) is 0 Å². The molecule has 0 radical (unpaired) electrons. The fourth-order valence-corrected chi connectivity index (χ4v) is 2.17. The molecular formula is C10H19NO3. The minimum absolute atomic E-state index is 0.314. The van der Waals surface area contributed by atoms with Crippen molar-refractivity contribution in [1.82, 2.24) is 4.90 Å². The summed E-state index contributed by atoms with van der Waals surface area (Å²) in [4.78, 5) is 12.7. The number of likely N-dealkylation sites (tertiary alicyclic amines) is 1. The molecule has 1 saturated heterocycles. The standard InChI is InChI=1S/C10H19NO3/c1-3-8(4-2)11-6-7(10(13)14)5-9(11)12/h7-9,12H,3-6H2,1-2H3,(H,13,14). The molecule has 1 fully saturated rings. The molecule has 0 spiro atoms. The van der Waals surface area contributed by atoms with Crippen molar-refractivity contribution in [2.75, 3.05) is 6.54 Å². The van der Waals surface area contributed by atoms with E-state index in [4.69, 9.17) is 5.11 Å². The van der Waals surface area contributed by atoms with Crippen LogP contribution in [0.3, 0.4) is 0 Å². The van der Waals surface area contributed by atoms with Crippen molar-refractivity contribution in [2.24, 2.45) is 5.92 Å². The SMILES string of the molecule is CCC(CC)N1CC(C(=O)O)CC1O. The predicted octanol–water partition coefficient (Wildman–Crippen LogP) is 0.900. The Morgan fingerprint density at radius 3 is 2.43 bits per heavy atom. The van der Waals surface area contributed by atoms with E-state index in [0.717, 1.165) is 12.8 Å². The molecule has 0 bridgehead atoms. The van der Waals surface area contributed by atoms with E-state index in [9.17, 15) is 9.90 Å². The molecular weight excluding hydrogens is 182 g/mol. The third-order valence-electron chi connectivity index (χ3n) is 3.07. The fraction of sp³-hybridized carbons (Fsp3) is 0.900. The molecule has 82 valence electrons. The minimum atomic E-state index is -0.794. The molecule has 0 aromatic carbocycles. The highest BCUT2D eigenvalue weighted by atomic mass is 16.4. The van der Waals surface area contributed by atoms with Crippen LogP contribution in [0.5, 0.6) is 0 Å². The summed E-state index contributed by atoms with van der Waals surface area (Å²) in [6.45, 7) is 4.62. The summed E-state index contributed by atoms with van der Waals surface area (Å²) in [7, 11) is 0. The zero-order valence-corrected chi connectivity index (χ0v) is 8.81. The van der Waals surface area contributed by atoms with Crippen LogP contribution >= 0.6 is 0 Å². The Morgan fingerprint density at radius 1 is 1.50 bits per heavy atom. The number of carbonyl (C=O) groups is 1. The van der Waals surface area contributed by atoms with Crippen LogP contribution in [-0.2, 0) is 4.79 Å². The zero-order valence-electron chi connectivity index (χ0n) is 8.81. The molecule has 1 aliphatic rings. The lowest BCUT2D eigenvalue weighted by Crippen LogP contribution is -2.38. The third kappa shape index (κ3) is 2.25. The van der Waals surface area contributed by atoms with Crippen LogP contribution in [0.1, 0.15) is 33.1 Å². The van der Waals surface area contributed by atoms with E-state index in [1.54, 1.807) is 0 Å². The second kappa shape index (κ2) is 4.75. The van der Waals surface area contributed by atoms with Gasteiger partial charge in [0.15, 0.2) is 0 Å². The van der Waals surface area contributed by atoms with Crippen molar-refractivity contribution < 1.29 is 15.0 Å². The summed E-state index contributed by atoms with van der Waals surface area (Å²) >= 11 is 0. The number of aliphatic hydroxyl groups excluding tert-OH is 1. The van der Waals surface area contributed by atoms with Crippen molar-refractivity contribution in [3.63, 3.8) is 0 Å². The molecule has 0 aromatic heterocycles. The molecule has 1 heterocycles. The van der Waals surface area contributed by atoms with Crippen LogP contribution in [0.2, 0.25) is 0 Å². The molecule has 14 heavy (non-hydrogen) atoms. The molecule has 0 amide bonds. The Balaban J connectivity index is 2.59. The first-order valence-electron chi connectivity index (χ1n) is 5.26. The molecule has 1 aliphatic heterocycles. The first kappa shape index (κ1) is 11.5. The highest BCUT2D eigenvalue weighted by Crippen LogP contribution is 2.26. The molecule has 0 aromatic rings. The van der Waals surface area contributed by atoms with Gasteiger partial charge in [-0.25, -0.2) is 0 Å². The lowest BCUT2D eigenvalue weighted by molar-refractivity contribution is -0.141. The van der Waals surface area contributed by atoms with E-state index in [0.29, 0.717) is 19.0 Å². The van der Waals surface area contributed by atoms with Crippen LogP contribution < -0.4 is 0 Å². The summed E-state index contributed by atoms with van der Waals surface area (Å²) in [5.74, 6) is -1.19. The third-order valence-corrected chi connectivity index (χ3v) is 3.07. The van der Waals surface area contributed by atoms with Crippen molar-refractivity contribution in [1.29, 1.82) is 0 Å². The number of nitrogens with zero attached hydrogens (tertiary/aromatic N) is 1. The Bertz CT molecular complexity index is 204. The molecule has 2 N–H and O–H groups in total. The highest BCUT2D eigenvalue weighted by molar-refractivity contribution is 5.70. The number of rotatable bonds is 4. The van der Waals surface area contributed by atoms with Crippen molar-refractivity contribution in [3.05, 3.63) is 0 Å². The Morgan fingerprint density at radius 2 is 2.07 bits per heavy atom. The average Bonchev–Trinajstić information content (AvgIpc) is 2.51. The van der Waals surface area contributed by atoms with E-state index in [1.165, 1.54) is 0 Å². The molecule has 1 rings (SSSR count). The van der Waals surface area contributed by atoms with Gasteiger partial charge < -0.3 is 10.2 Å². The van der Waals surface area contributed by atoms with Gasteiger partial charge in [-0.05, 0) is 12.8 Å². The second-order valence-corrected chi connectivity index (χ2v) is 3.92. The summed E-state index contributed by atoms with van der Waals surface area (Å²) in [5, 5.41) is 18.5. The molecule has 4 nitrogen and oxygen atoms in total. The van der Waals surface area contributed by atoms with E-state index >= 15 is 0 Å². The van der Waals surface area contributed by atoms with Gasteiger partial charge in [0.25, 0.3) is 0 Å². The van der Waals surface area contributed by atoms with Gasteiger partial charge in [0.1, 0.15) is 6.23 Å². The Hall–Kier alpha value is -0.610. The van der Waals surface area contributed by atoms with E-state index in [-0.39, 0.29) is 0 Å². The maximum atomic E-state index is 10.8. The van der Waals surface area contributed by atoms with Crippen molar-refractivity contribution >= 4 is 5.97 Å². The van der Waals surface area contributed by atoms with E-state index in [1.807, 2.05) is 4.90 Å². The number of hydrogen-bond donors (Lipinski definition) is 2. The normalized spacial score (nSPS) is 28.6. The minimum Gasteiger partial charge on any atom is -0.481 e. The van der Waals surface area contributed by atoms with Crippen LogP contribution in [0, 0.1) is 5.92 Å². The Kier molecular flexibility index (Phi) is 3.89. The monoisotopic (exact) mass is 201 g/mol. The topological polar surface area (TPSA) is 60.8 Å². The second-order valence-electron chi connectivity index (χ2n) is 3.92. The average molecular weight is 201 g/mol. The zero-order chi connectivity index (χ0) is 10.7. The van der Waals surface area contributed by atoms with E-state index < -0.39 is 18.1 Å². The van der Waals surface area contributed by atoms with Gasteiger partial charge in [0.05, 0.1) is 5.92 Å². The molecule has 2 unspecified atom stereocenters. The van der Waals surface area contributed by atoms with Gasteiger partial charge in [-0.1, -0.05) is 13.8 Å². The Labute approximate surface area is 84.5 Å². The lowest BCUT2D eigenvalue weighted by Gasteiger charge is -2.28. The van der Waals surface area contributed by atoms with Gasteiger partial charge in [0, 0.05) is 19.0 Å². The largest absolute Gasteiger partial charge is 0.481 e. The highest BCUT2D eigenvalue weighted by Gasteiger charge is 2.37. The quantitative estimate of drug-likeness (QED) is 0.709. The molecule has 0 aliphatic carbocycles. The summed E-state index contributed by atoms with van der Waals surface area (Å²) in [6, 6.07) is 0.314. The first-order valence-corrected chi connectivity index (χ1v) is 5.26. The van der Waals surface area contributed by atoms with Crippen molar-refractivity contribution in [3.8, 4) is 0 Å². The van der Waals surface area contributed by atoms with E-state index in [2.05, 4.69) is 13.8 Å². The van der Waals surface area contributed by atoms with Crippen LogP contribution in [0.25, 0.3) is 0 Å². The lowest BCUT2D eigenvalue weighted by atomic mass is 10.1. The number of aliphatic hydroxyl groups is 1. The van der Waals surface area contributed by atoms with Gasteiger partial charge in [-0.15, -0.1) is 0 Å².